The lowest BCUT2D eigenvalue weighted by Crippen LogP contribution is -2.47. The zero-order chi connectivity index (χ0) is 27.4. The number of rotatable bonds is 7. The van der Waals surface area contributed by atoms with Gasteiger partial charge in [-0.15, -0.1) is 0 Å². The molecule has 39 heavy (non-hydrogen) atoms. The molecule has 1 unspecified atom stereocenters. The number of carboxylic acid groups (broad SMARTS) is 1. The van der Waals surface area contributed by atoms with Crippen LogP contribution in [0.25, 0.3) is 22.0 Å². The van der Waals surface area contributed by atoms with Gasteiger partial charge in [-0.05, 0) is 41.5 Å². The zero-order valence-electron chi connectivity index (χ0n) is 20.5. The van der Waals surface area contributed by atoms with E-state index >= 15 is 4.39 Å². The molecule has 4 N–H and O–H groups in total. The van der Waals surface area contributed by atoms with Gasteiger partial charge >= 0.3 is 6.09 Å². The van der Waals surface area contributed by atoms with Crippen LogP contribution >= 0.6 is 0 Å². The first kappa shape index (κ1) is 25.3. The summed E-state index contributed by atoms with van der Waals surface area (Å²) in [6.45, 7) is 0. The van der Waals surface area contributed by atoms with Gasteiger partial charge < -0.3 is 20.7 Å². The third-order valence-electron chi connectivity index (χ3n) is 6.39. The van der Waals surface area contributed by atoms with Gasteiger partial charge in [-0.25, -0.2) is 9.18 Å². The van der Waals surface area contributed by atoms with Crippen molar-refractivity contribution in [2.24, 2.45) is 0 Å². The van der Waals surface area contributed by atoms with Gasteiger partial charge in [0.05, 0.1) is 10.9 Å². The molecule has 0 aliphatic heterocycles. The molecule has 0 bridgehead atoms. The Labute approximate surface area is 222 Å². The van der Waals surface area contributed by atoms with Crippen molar-refractivity contribution < 1.29 is 19.1 Å². The SMILES string of the molecule is O=C(O)NC(C(=O)Nc1ccc(-c2c[nH]c(=O)c3cccnc23)c(F)c1)C(c1ccccc1)c1ccccc1. The number of carbonyl (C=O) groups is 2. The second kappa shape index (κ2) is 11.0. The topological polar surface area (TPSA) is 124 Å². The van der Waals surface area contributed by atoms with Gasteiger partial charge in [0.1, 0.15) is 11.9 Å². The number of halogens is 1. The van der Waals surface area contributed by atoms with Crippen LogP contribution in [0.2, 0.25) is 0 Å². The molecule has 5 rings (SSSR count). The third kappa shape index (κ3) is 5.37. The van der Waals surface area contributed by atoms with Gasteiger partial charge in [-0.2, -0.15) is 0 Å². The summed E-state index contributed by atoms with van der Waals surface area (Å²) in [5.74, 6) is -1.96. The maximum Gasteiger partial charge on any atom is 0.405 e. The molecule has 0 spiro atoms. The highest BCUT2D eigenvalue weighted by molar-refractivity contribution is 5.98. The molecule has 1 atom stereocenters. The molecule has 8 nitrogen and oxygen atoms in total. The van der Waals surface area contributed by atoms with E-state index in [2.05, 4.69) is 20.6 Å². The van der Waals surface area contributed by atoms with E-state index < -0.39 is 29.8 Å². The lowest BCUT2D eigenvalue weighted by Gasteiger charge is -2.27. The molecule has 0 radical (unpaired) electrons. The van der Waals surface area contributed by atoms with E-state index in [-0.39, 0.29) is 16.8 Å². The summed E-state index contributed by atoms with van der Waals surface area (Å²) < 4.78 is 15.3. The van der Waals surface area contributed by atoms with Crippen molar-refractivity contribution in [3.05, 3.63) is 131 Å². The lowest BCUT2D eigenvalue weighted by atomic mass is 9.84. The normalized spacial score (nSPS) is 11.7. The number of pyridine rings is 2. The minimum Gasteiger partial charge on any atom is -0.465 e. The summed E-state index contributed by atoms with van der Waals surface area (Å²) in [5.41, 5.74) is 2.18. The minimum atomic E-state index is -1.37. The minimum absolute atomic E-state index is 0.139. The number of carbonyl (C=O) groups excluding carboxylic acids is 1. The predicted molar refractivity (Wildman–Crippen MR) is 146 cm³/mol. The van der Waals surface area contributed by atoms with Crippen LogP contribution in [0, 0.1) is 5.82 Å². The van der Waals surface area contributed by atoms with Crippen LogP contribution in [-0.4, -0.2) is 33.1 Å². The van der Waals surface area contributed by atoms with Gasteiger partial charge in [-0.1, -0.05) is 60.7 Å². The number of amides is 2. The molecule has 0 aliphatic rings. The van der Waals surface area contributed by atoms with E-state index in [1.54, 1.807) is 12.1 Å². The van der Waals surface area contributed by atoms with Crippen molar-refractivity contribution in [2.75, 3.05) is 5.32 Å². The van der Waals surface area contributed by atoms with Gasteiger partial charge in [-0.3, -0.25) is 14.6 Å². The summed E-state index contributed by atoms with van der Waals surface area (Å²) in [7, 11) is 0. The molecule has 2 amide bonds. The van der Waals surface area contributed by atoms with Crippen LogP contribution in [0.1, 0.15) is 17.0 Å². The fourth-order valence-corrected chi connectivity index (χ4v) is 4.65. The van der Waals surface area contributed by atoms with Crippen LogP contribution in [0.5, 0.6) is 0 Å². The first-order valence-corrected chi connectivity index (χ1v) is 12.1. The molecule has 2 heterocycles. The Hall–Kier alpha value is -5.31. The number of H-pyrrole nitrogens is 1. The van der Waals surface area contributed by atoms with Crippen molar-refractivity contribution in [1.29, 1.82) is 0 Å². The number of aromatic amines is 1. The lowest BCUT2D eigenvalue weighted by molar-refractivity contribution is -0.118. The molecule has 3 aromatic carbocycles. The Morgan fingerprint density at radius 1 is 0.872 bits per heavy atom. The fraction of sp³-hybridized carbons (Fsp3) is 0.0667. The quantitative estimate of drug-likeness (QED) is 0.236. The number of benzene rings is 3. The van der Waals surface area contributed by atoms with Crippen LogP contribution in [0.3, 0.4) is 0 Å². The summed E-state index contributed by atoms with van der Waals surface area (Å²) in [6.07, 6.45) is 1.54. The van der Waals surface area contributed by atoms with E-state index in [9.17, 15) is 19.5 Å². The Bertz CT molecular complexity index is 1670. The van der Waals surface area contributed by atoms with Crippen molar-refractivity contribution in [2.45, 2.75) is 12.0 Å². The second-order valence-electron chi connectivity index (χ2n) is 8.84. The number of hydrogen-bond donors (Lipinski definition) is 4. The predicted octanol–water partition coefficient (Wildman–Crippen LogP) is 5.14. The first-order chi connectivity index (χ1) is 18.9. The van der Waals surface area contributed by atoms with Crippen molar-refractivity contribution in [3.8, 4) is 11.1 Å². The van der Waals surface area contributed by atoms with E-state index in [4.69, 9.17) is 0 Å². The van der Waals surface area contributed by atoms with Gasteiger partial charge in [0.15, 0.2) is 0 Å². The molecule has 0 fully saturated rings. The molecule has 2 aromatic heterocycles. The number of fused-ring (bicyclic) bond motifs is 1. The number of nitrogens with one attached hydrogen (secondary N) is 3. The van der Waals surface area contributed by atoms with E-state index in [1.807, 2.05) is 60.7 Å². The van der Waals surface area contributed by atoms with E-state index in [0.29, 0.717) is 16.5 Å². The number of nitrogens with zero attached hydrogens (tertiary/aromatic N) is 1. The standard InChI is InChI=1S/C30H23FN4O4/c31-24-16-20(13-14-21(24)23-17-33-28(36)22-12-7-15-32-26(22)23)34-29(37)27(35-30(38)39)25(18-8-3-1-4-9-18)19-10-5-2-6-11-19/h1-17,25,27,35H,(H,33,36)(H,34,37)(H,38,39). The zero-order valence-corrected chi connectivity index (χ0v) is 20.5. The third-order valence-corrected chi connectivity index (χ3v) is 6.39. The summed E-state index contributed by atoms with van der Waals surface area (Å²) in [6, 6.07) is 24.3. The highest BCUT2D eigenvalue weighted by Gasteiger charge is 2.32. The second-order valence-corrected chi connectivity index (χ2v) is 8.84. The Morgan fingerprint density at radius 2 is 1.54 bits per heavy atom. The van der Waals surface area contributed by atoms with Crippen molar-refractivity contribution in [3.63, 3.8) is 0 Å². The highest BCUT2D eigenvalue weighted by atomic mass is 19.1. The smallest absolute Gasteiger partial charge is 0.405 e. The average molecular weight is 523 g/mol. The van der Waals surface area contributed by atoms with E-state index in [0.717, 1.165) is 17.2 Å². The Balaban J connectivity index is 1.49. The maximum atomic E-state index is 15.3. The molecule has 0 saturated heterocycles. The van der Waals surface area contributed by atoms with Gasteiger partial charge in [0.25, 0.3) is 5.56 Å². The van der Waals surface area contributed by atoms with Crippen LogP contribution < -0.4 is 16.2 Å². The Kier molecular flexibility index (Phi) is 7.13. The average Bonchev–Trinajstić information content (AvgIpc) is 2.94. The van der Waals surface area contributed by atoms with Crippen LogP contribution in [0.4, 0.5) is 14.9 Å². The molecule has 9 heteroatoms. The fourth-order valence-electron chi connectivity index (χ4n) is 4.65. The summed E-state index contributed by atoms with van der Waals surface area (Å²) >= 11 is 0. The maximum absolute atomic E-state index is 15.3. The molecule has 194 valence electrons. The Morgan fingerprint density at radius 3 is 2.15 bits per heavy atom. The monoisotopic (exact) mass is 522 g/mol. The molecule has 0 aliphatic carbocycles. The van der Waals surface area contributed by atoms with Crippen LogP contribution in [-0.2, 0) is 4.79 Å². The molecular formula is C30H23FN4O4. The van der Waals surface area contributed by atoms with E-state index in [1.165, 1.54) is 24.5 Å². The van der Waals surface area contributed by atoms with Crippen LogP contribution in [0.15, 0.2) is 108 Å². The van der Waals surface area contributed by atoms with Gasteiger partial charge in [0, 0.05) is 35.1 Å². The molecular weight excluding hydrogens is 499 g/mol. The number of anilines is 1. The molecule has 5 aromatic rings. The molecule has 0 saturated carbocycles. The van der Waals surface area contributed by atoms with Gasteiger partial charge in [0.2, 0.25) is 5.91 Å². The number of hydrogen-bond acceptors (Lipinski definition) is 4. The number of aromatic nitrogens is 2. The first-order valence-electron chi connectivity index (χ1n) is 12.1. The van der Waals surface area contributed by atoms with Crippen molar-refractivity contribution >= 4 is 28.6 Å². The summed E-state index contributed by atoms with van der Waals surface area (Å²) in [4.78, 5) is 44.2. The highest BCUT2D eigenvalue weighted by Crippen LogP contribution is 2.31. The largest absolute Gasteiger partial charge is 0.465 e. The van der Waals surface area contributed by atoms with Crippen molar-refractivity contribution in [1.82, 2.24) is 15.3 Å². The summed E-state index contributed by atoms with van der Waals surface area (Å²) in [5, 5.41) is 14.9.